The molecule has 0 aliphatic rings. The van der Waals surface area contributed by atoms with Crippen LogP contribution in [0, 0.1) is 0 Å². The Bertz CT molecular complexity index is 238. The van der Waals surface area contributed by atoms with E-state index in [0.717, 1.165) is 32.1 Å². The Balaban J connectivity index is 3.47. The summed E-state index contributed by atoms with van der Waals surface area (Å²) in [5.41, 5.74) is 0. The van der Waals surface area contributed by atoms with Gasteiger partial charge < -0.3 is 4.74 Å². The number of hydrogen-bond donors (Lipinski definition) is 0. The molecule has 0 rings (SSSR count). The Hall–Kier alpha value is -0.530. The summed E-state index contributed by atoms with van der Waals surface area (Å²) in [4.78, 5) is 11.7. The lowest BCUT2D eigenvalue weighted by molar-refractivity contribution is -0.149. The molecule has 22 heavy (non-hydrogen) atoms. The van der Waals surface area contributed by atoms with Gasteiger partial charge >= 0.3 is 5.97 Å². The molecule has 0 N–H and O–H groups in total. The van der Waals surface area contributed by atoms with Crippen LogP contribution in [0.4, 0.5) is 0 Å². The zero-order chi connectivity index (χ0) is 16.5. The number of hydrogen-bond acceptors (Lipinski definition) is 2. The highest BCUT2D eigenvalue weighted by molar-refractivity contribution is 5.69. The van der Waals surface area contributed by atoms with Gasteiger partial charge in [-0.05, 0) is 25.7 Å². The molecule has 0 fully saturated rings. The van der Waals surface area contributed by atoms with Crippen LogP contribution in [0.25, 0.3) is 0 Å². The third-order valence-electron chi connectivity index (χ3n) is 4.37. The van der Waals surface area contributed by atoms with Gasteiger partial charge in [-0.2, -0.15) is 0 Å². The summed E-state index contributed by atoms with van der Waals surface area (Å²) in [6, 6.07) is 0. The third-order valence-corrected chi connectivity index (χ3v) is 4.37. The number of rotatable bonds is 16. The van der Waals surface area contributed by atoms with Crippen molar-refractivity contribution >= 4 is 5.97 Å². The van der Waals surface area contributed by atoms with Crippen molar-refractivity contribution in [3.8, 4) is 0 Å². The third kappa shape index (κ3) is 14.4. The van der Waals surface area contributed by atoms with Gasteiger partial charge in [0.25, 0.3) is 0 Å². The van der Waals surface area contributed by atoms with Crippen LogP contribution in [-0.4, -0.2) is 12.1 Å². The van der Waals surface area contributed by atoms with Gasteiger partial charge in [0, 0.05) is 6.42 Å². The normalized spacial score (nSPS) is 12.3. The Morgan fingerprint density at radius 2 is 1.23 bits per heavy atom. The first kappa shape index (κ1) is 21.5. The van der Waals surface area contributed by atoms with Crippen LogP contribution in [0.1, 0.15) is 117 Å². The van der Waals surface area contributed by atoms with E-state index in [1.807, 2.05) is 0 Å². The quantitative estimate of drug-likeness (QED) is 0.231. The molecule has 132 valence electrons. The smallest absolute Gasteiger partial charge is 0.306 e. The molecular weight excluding hydrogens is 272 g/mol. The number of ether oxygens (including phenoxy) is 1. The lowest BCUT2D eigenvalue weighted by Gasteiger charge is -2.16. The summed E-state index contributed by atoms with van der Waals surface area (Å²) in [6.07, 6.45) is 18.1. The predicted octanol–water partition coefficient (Wildman–Crippen LogP) is 6.81. The Morgan fingerprint density at radius 3 is 1.77 bits per heavy atom. The molecule has 0 saturated heterocycles. The first-order valence-electron chi connectivity index (χ1n) is 9.94. The average molecular weight is 313 g/mol. The summed E-state index contributed by atoms with van der Waals surface area (Å²) in [7, 11) is 0. The molecule has 2 heteroatoms. The first-order chi connectivity index (χ1) is 10.7. The van der Waals surface area contributed by atoms with Crippen molar-refractivity contribution in [1.29, 1.82) is 0 Å². The predicted molar refractivity (Wildman–Crippen MR) is 96.2 cm³/mol. The SMILES string of the molecule is CCCCCCCCCCC[C@H](CC)OC(=O)CCCCC. The highest BCUT2D eigenvalue weighted by Crippen LogP contribution is 2.14. The van der Waals surface area contributed by atoms with Crippen molar-refractivity contribution in [1.82, 2.24) is 0 Å². The number of carbonyl (C=O) groups is 1. The van der Waals surface area contributed by atoms with Crippen LogP contribution in [-0.2, 0) is 9.53 Å². The molecule has 0 amide bonds. The fourth-order valence-corrected chi connectivity index (χ4v) is 2.79. The molecule has 0 aliphatic heterocycles. The van der Waals surface area contributed by atoms with E-state index in [1.165, 1.54) is 57.8 Å². The Kier molecular flexibility index (Phi) is 16.4. The van der Waals surface area contributed by atoms with Crippen molar-refractivity contribution in [2.24, 2.45) is 0 Å². The fourth-order valence-electron chi connectivity index (χ4n) is 2.79. The van der Waals surface area contributed by atoms with Crippen LogP contribution in [0.3, 0.4) is 0 Å². The molecule has 2 nitrogen and oxygen atoms in total. The minimum Gasteiger partial charge on any atom is -0.462 e. The monoisotopic (exact) mass is 312 g/mol. The molecule has 0 heterocycles. The van der Waals surface area contributed by atoms with Crippen LogP contribution in [0.15, 0.2) is 0 Å². The maximum atomic E-state index is 11.7. The second kappa shape index (κ2) is 16.8. The molecule has 1 atom stereocenters. The van der Waals surface area contributed by atoms with E-state index in [4.69, 9.17) is 4.74 Å². The maximum absolute atomic E-state index is 11.7. The van der Waals surface area contributed by atoms with Crippen LogP contribution < -0.4 is 0 Å². The molecule has 0 unspecified atom stereocenters. The largest absolute Gasteiger partial charge is 0.462 e. The first-order valence-corrected chi connectivity index (χ1v) is 9.94. The number of carbonyl (C=O) groups excluding carboxylic acids is 1. The molecule has 0 aromatic heterocycles. The second-order valence-electron chi connectivity index (χ2n) is 6.59. The molecule has 0 saturated carbocycles. The van der Waals surface area contributed by atoms with E-state index in [-0.39, 0.29) is 12.1 Å². The van der Waals surface area contributed by atoms with Gasteiger partial charge in [0.1, 0.15) is 6.10 Å². The second-order valence-corrected chi connectivity index (χ2v) is 6.59. The summed E-state index contributed by atoms with van der Waals surface area (Å²) >= 11 is 0. The van der Waals surface area contributed by atoms with Gasteiger partial charge in [-0.25, -0.2) is 0 Å². The maximum Gasteiger partial charge on any atom is 0.306 e. The van der Waals surface area contributed by atoms with Gasteiger partial charge in [-0.3, -0.25) is 4.79 Å². The van der Waals surface area contributed by atoms with Gasteiger partial charge in [-0.1, -0.05) is 85.0 Å². The Morgan fingerprint density at radius 1 is 0.727 bits per heavy atom. The van der Waals surface area contributed by atoms with Crippen molar-refractivity contribution in [3.63, 3.8) is 0 Å². The summed E-state index contributed by atoms with van der Waals surface area (Å²) in [5.74, 6) is 0.0104. The number of unbranched alkanes of at least 4 members (excludes halogenated alkanes) is 10. The van der Waals surface area contributed by atoms with Crippen molar-refractivity contribution in [3.05, 3.63) is 0 Å². The molecule has 0 aromatic carbocycles. The minimum atomic E-state index is 0.0104. The van der Waals surface area contributed by atoms with Gasteiger partial charge in [-0.15, -0.1) is 0 Å². The summed E-state index contributed by atoms with van der Waals surface area (Å²) in [5, 5.41) is 0. The van der Waals surface area contributed by atoms with Crippen LogP contribution in [0.5, 0.6) is 0 Å². The topological polar surface area (TPSA) is 26.3 Å². The average Bonchev–Trinajstić information content (AvgIpc) is 2.52. The van der Waals surface area contributed by atoms with Crippen molar-refractivity contribution in [2.75, 3.05) is 0 Å². The highest BCUT2D eigenvalue weighted by Gasteiger charge is 2.11. The van der Waals surface area contributed by atoms with Crippen molar-refractivity contribution in [2.45, 2.75) is 123 Å². The molecule has 0 spiro atoms. The molecule has 0 aliphatic carbocycles. The summed E-state index contributed by atoms with van der Waals surface area (Å²) < 4.78 is 5.58. The van der Waals surface area contributed by atoms with Crippen LogP contribution >= 0.6 is 0 Å². The number of esters is 1. The van der Waals surface area contributed by atoms with Crippen molar-refractivity contribution < 1.29 is 9.53 Å². The van der Waals surface area contributed by atoms with E-state index in [1.54, 1.807) is 0 Å². The fraction of sp³-hybridized carbons (Fsp3) is 0.950. The van der Waals surface area contributed by atoms with Gasteiger partial charge in [0.05, 0.1) is 0 Å². The van der Waals surface area contributed by atoms with Gasteiger partial charge in [0.15, 0.2) is 0 Å². The highest BCUT2D eigenvalue weighted by atomic mass is 16.5. The van der Waals surface area contributed by atoms with E-state index in [9.17, 15) is 4.79 Å². The minimum absolute atomic E-state index is 0.0104. The molecule has 0 radical (unpaired) electrons. The standard InChI is InChI=1S/C20H40O2/c1-4-7-9-10-11-12-13-14-16-17-19(6-3)22-20(21)18-15-8-5-2/h19H,4-18H2,1-3H3/t19-/m0/s1. The zero-order valence-corrected chi connectivity index (χ0v) is 15.5. The van der Waals surface area contributed by atoms with E-state index in [0.29, 0.717) is 6.42 Å². The van der Waals surface area contributed by atoms with Crippen LogP contribution in [0.2, 0.25) is 0 Å². The Labute approximate surface area is 139 Å². The van der Waals surface area contributed by atoms with E-state index in [2.05, 4.69) is 20.8 Å². The lowest BCUT2D eigenvalue weighted by Crippen LogP contribution is -2.17. The zero-order valence-electron chi connectivity index (χ0n) is 15.5. The van der Waals surface area contributed by atoms with Gasteiger partial charge in [0.2, 0.25) is 0 Å². The molecule has 0 aromatic rings. The molecular formula is C20H40O2. The summed E-state index contributed by atoms with van der Waals surface area (Å²) in [6.45, 7) is 6.54. The van der Waals surface area contributed by atoms with E-state index < -0.39 is 0 Å². The lowest BCUT2D eigenvalue weighted by atomic mass is 10.0. The molecule has 0 bridgehead atoms. The van der Waals surface area contributed by atoms with E-state index >= 15 is 0 Å².